The van der Waals surface area contributed by atoms with E-state index in [-0.39, 0.29) is 0 Å². The molecule has 0 aliphatic heterocycles. The first kappa shape index (κ1) is 8.46. The van der Waals surface area contributed by atoms with Gasteiger partial charge in [-0.15, -0.1) is 12.6 Å². The van der Waals surface area contributed by atoms with Gasteiger partial charge in [-0.2, -0.15) is 14.6 Å². The minimum atomic E-state index is 0.468. The topological polar surface area (TPSA) is 52.3 Å². The van der Waals surface area contributed by atoms with Crippen molar-refractivity contribution in [2.75, 3.05) is 7.11 Å². The number of nitrogens with zero attached hydrogens (tertiary/aromatic N) is 4. The summed E-state index contributed by atoms with van der Waals surface area (Å²) in [6.45, 7) is 0.468. The lowest BCUT2D eigenvalue weighted by Gasteiger charge is -2.02. The molecule has 6 heteroatoms. The summed E-state index contributed by atoms with van der Waals surface area (Å²) in [7, 11) is 1.63. The third kappa shape index (κ3) is 1.50. The Morgan fingerprint density at radius 3 is 3.23 bits per heavy atom. The van der Waals surface area contributed by atoms with E-state index >= 15 is 0 Å². The smallest absolute Gasteiger partial charge is 0.253 e. The molecule has 0 spiro atoms. The molecule has 0 fully saturated rings. The van der Waals surface area contributed by atoms with Crippen LogP contribution in [-0.2, 0) is 11.3 Å². The van der Waals surface area contributed by atoms with E-state index in [0.717, 1.165) is 5.69 Å². The molecule has 13 heavy (non-hydrogen) atoms. The number of ether oxygens (including phenoxy) is 1. The molecule has 0 aromatic carbocycles. The predicted octanol–water partition coefficient (Wildman–Crippen LogP) is 0.559. The number of methoxy groups -OCH3 is 1. The molecular formula is C7H8N4OS. The highest BCUT2D eigenvalue weighted by Crippen LogP contribution is 2.08. The summed E-state index contributed by atoms with van der Waals surface area (Å²) in [4.78, 5) is 8.04. The molecule has 0 N–H and O–H groups in total. The molecule has 68 valence electrons. The fraction of sp³-hybridized carbons (Fsp3) is 0.286. The van der Waals surface area contributed by atoms with E-state index in [1.54, 1.807) is 17.7 Å². The van der Waals surface area contributed by atoms with Gasteiger partial charge in [0.25, 0.3) is 5.78 Å². The summed E-state index contributed by atoms with van der Waals surface area (Å²) in [5.74, 6) is 0.541. The maximum Gasteiger partial charge on any atom is 0.253 e. The van der Waals surface area contributed by atoms with Crippen molar-refractivity contribution in [3.8, 4) is 0 Å². The predicted molar refractivity (Wildman–Crippen MR) is 48.7 cm³/mol. The normalized spacial score (nSPS) is 10.9. The second-order valence-corrected chi connectivity index (χ2v) is 2.97. The van der Waals surface area contributed by atoms with Crippen LogP contribution in [0.3, 0.4) is 0 Å². The lowest BCUT2D eigenvalue weighted by molar-refractivity contribution is 0.179. The molecular weight excluding hydrogens is 188 g/mol. The highest BCUT2D eigenvalue weighted by molar-refractivity contribution is 7.80. The molecule has 0 unspecified atom stereocenters. The van der Waals surface area contributed by atoms with Crippen molar-refractivity contribution in [1.29, 1.82) is 0 Å². The van der Waals surface area contributed by atoms with E-state index in [1.165, 1.54) is 6.33 Å². The highest BCUT2D eigenvalue weighted by atomic mass is 32.1. The summed E-state index contributed by atoms with van der Waals surface area (Å²) in [6, 6.07) is 1.80. The first-order valence-corrected chi connectivity index (χ1v) is 4.13. The van der Waals surface area contributed by atoms with Gasteiger partial charge in [0.15, 0.2) is 0 Å². The Hall–Kier alpha value is -1.14. The van der Waals surface area contributed by atoms with Crippen molar-refractivity contribution in [3.63, 3.8) is 0 Å². The minimum absolute atomic E-state index is 0.468. The third-order valence-corrected chi connectivity index (χ3v) is 1.83. The first-order valence-electron chi connectivity index (χ1n) is 3.69. The summed E-state index contributed by atoms with van der Waals surface area (Å²) in [5.41, 5.74) is 0.884. The number of thiol groups is 1. The van der Waals surface area contributed by atoms with Gasteiger partial charge in [-0.1, -0.05) is 0 Å². The van der Waals surface area contributed by atoms with Crippen LogP contribution in [0.5, 0.6) is 0 Å². The molecule has 2 rings (SSSR count). The minimum Gasteiger partial charge on any atom is -0.378 e. The van der Waals surface area contributed by atoms with Crippen molar-refractivity contribution in [2.24, 2.45) is 0 Å². The molecule has 0 radical (unpaired) electrons. The van der Waals surface area contributed by atoms with Gasteiger partial charge in [-0.05, 0) is 6.07 Å². The van der Waals surface area contributed by atoms with Gasteiger partial charge in [-0.3, -0.25) is 0 Å². The Morgan fingerprint density at radius 1 is 1.62 bits per heavy atom. The van der Waals surface area contributed by atoms with Crippen LogP contribution in [0.25, 0.3) is 5.78 Å². The van der Waals surface area contributed by atoms with Crippen molar-refractivity contribution in [1.82, 2.24) is 19.6 Å². The van der Waals surface area contributed by atoms with Crippen molar-refractivity contribution < 1.29 is 4.74 Å². The summed E-state index contributed by atoms with van der Waals surface area (Å²) in [5, 5.41) is 4.63. The molecule has 0 atom stereocenters. The molecule has 0 amide bonds. The van der Waals surface area contributed by atoms with Crippen LogP contribution in [0.15, 0.2) is 17.4 Å². The summed E-state index contributed by atoms with van der Waals surface area (Å²) >= 11 is 4.15. The van der Waals surface area contributed by atoms with E-state index in [4.69, 9.17) is 4.74 Å². The van der Waals surface area contributed by atoms with Gasteiger partial charge in [-0.25, -0.2) is 4.98 Å². The van der Waals surface area contributed by atoms with Crippen LogP contribution in [0.4, 0.5) is 0 Å². The summed E-state index contributed by atoms with van der Waals surface area (Å²) in [6.07, 6.45) is 1.45. The average Bonchev–Trinajstić information content (AvgIpc) is 2.52. The van der Waals surface area contributed by atoms with Crippen LogP contribution in [0.1, 0.15) is 5.69 Å². The van der Waals surface area contributed by atoms with Crippen LogP contribution in [0, 0.1) is 0 Å². The monoisotopic (exact) mass is 196 g/mol. The van der Waals surface area contributed by atoms with Gasteiger partial charge < -0.3 is 4.74 Å². The van der Waals surface area contributed by atoms with Crippen molar-refractivity contribution in [2.45, 2.75) is 11.6 Å². The number of rotatable bonds is 2. The van der Waals surface area contributed by atoms with Gasteiger partial charge in [0, 0.05) is 7.11 Å². The summed E-state index contributed by atoms with van der Waals surface area (Å²) < 4.78 is 6.64. The van der Waals surface area contributed by atoms with Crippen molar-refractivity contribution >= 4 is 18.4 Å². The second-order valence-electron chi connectivity index (χ2n) is 2.51. The van der Waals surface area contributed by atoms with Gasteiger partial charge in [0.2, 0.25) is 0 Å². The average molecular weight is 196 g/mol. The zero-order valence-corrected chi connectivity index (χ0v) is 7.90. The third-order valence-electron chi connectivity index (χ3n) is 1.60. The standard InChI is InChI=1S/C7H8N4OS/c1-12-3-5-2-6(13)10-7-8-4-9-11(5)7/h2,4H,3H2,1H3,(H,8,9,10,13). The fourth-order valence-corrected chi connectivity index (χ4v) is 1.35. The molecule has 0 aliphatic carbocycles. The van der Waals surface area contributed by atoms with Gasteiger partial charge >= 0.3 is 0 Å². The lowest BCUT2D eigenvalue weighted by atomic mass is 10.4. The molecule has 0 saturated heterocycles. The van der Waals surface area contributed by atoms with E-state index < -0.39 is 0 Å². The Balaban J connectivity index is 2.63. The largest absolute Gasteiger partial charge is 0.378 e. The Kier molecular flexibility index (Phi) is 2.15. The van der Waals surface area contributed by atoms with E-state index in [2.05, 4.69) is 27.7 Å². The van der Waals surface area contributed by atoms with Crippen LogP contribution in [0.2, 0.25) is 0 Å². The van der Waals surface area contributed by atoms with E-state index in [9.17, 15) is 0 Å². The lowest BCUT2D eigenvalue weighted by Crippen LogP contribution is -2.02. The Bertz CT molecular complexity index is 427. The molecule has 0 bridgehead atoms. The van der Waals surface area contributed by atoms with Gasteiger partial charge in [0.05, 0.1) is 17.3 Å². The molecule has 2 aromatic heterocycles. The number of hydrogen-bond donors (Lipinski definition) is 1. The number of fused-ring (bicyclic) bond motifs is 1. The second kappa shape index (κ2) is 3.31. The molecule has 2 aromatic rings. The maximum absolute atomic E-state index is 5.01. The van der Waals surface area contributed by atoms with Crippen molar-refractivity contribution in [3.05, 3.63) is 18.1 Å². The van der Waals surface area contributed by atoms with Gasteiger partial charge in [0.1, 0.15) is 6.33 Å². The fourth-order valence-electron chi connectivity index (χ4n) is 1.11. The molecule has 2 heterocycles. The first-order chi connectivity index (χ1) is 6.31. The zero-order chi connectivity index (χ0) is 9.26. The van der Waals surface area contributed by atoms with E-state index in [0.29, 0.717) is 17.4 Å². The zero-order valence-electron chi connectivity index (χ0n) is 7.01. The van der Waals surface area contributed by atoms with Crippen LogP contribution < -0.4 is 0 Å². The highest BCUT2D eigenvalue weighted by Gasteiger charge is 2.04. The number of aromatic nitrogens is 4. The maximum atomic E-state index is 5.01. The quantitative estimate of drug-likeness (QED) is 0.563. The van der Waals surface area contributed by atoms with E-state index in [1.807, 2.05) is 0 Å². The SMILES string of the molecule is COCc1cc(S)nc2ncnn12. The van der Waals surface area contributed by atoms with Crippen LogP contribution in [-0.4, -0.2) is 26.7 Å². The van der Waals surface area contributed by atoms with Crippen LogP contribution >= 0.6 is 12.6 Å². The molecule has 0 aliphatic rings. The molecule has 5 nitrogen and oxygen atoms in total. The number of hydrogen-bond acceptors (Lipinski definition) is 5. The molecule has 0 saturated carbocycles. The Labute approximate surface area is 80.2 Å². The Morgan fingerprint density at radius 2 is 2.46 bits per heavy atom.